The second-order valence-electron chi connectivity index (χ2n) is 6.48. The van der Waals surface area contributed by atoms with Crippen LogP contribution in [0.4, 0.5) is 10.2 Å². The molecule has 0 aliphatic carbocycles. The zero-order valence-corrected chi connectivity index (χ0v) is 15.6. The molecular formula is C20H18FN3O2S. The summed E-state index contributed by atoms with van der Waals surface area (Å²) in [7, 11) is 0. The Morgan fingerprint density at radius 1 is 1.15 bits per heavy atom. The van der Waals surface area contributed by atoms with Gasteiger partial charge in [-0.05, 0) is 55.8 Å². The minimum atomic E-state index is -0.330. The number of phenolic OH excluding ortho intramolecular Hbond substituents is 1. The van der Waals surface area contributed by atoms with E-state index < -0.39 is 0 Å². The normalized spacial score (nSPS) is 19.3. The van der Waals surface area contributed by atoms with Gasteiger partial charge in [0.25, 0.3) is 0 Å². The van der Waals surface area contributed by atoms with E-state index in [1.165, 1.54) is 23.9 Å². The van der Waals surface area contributed by atoms with Gasteiger partial charge in [-0.15, -0.1) is 11.8 Å². The van der Waals surface area contributed by atoms with Crippen LogP contribution in [-0.4, -0.2) is 26.0 Å². The standard InChI is InChI=1S/C20H18FN3O2S/c1-11-17-18(13-3-9-16(25)10-4-13)27-12(2)20(26)22-19(17)24(23-11)15-7-5-14(21)6-8-15/h3-10,12,18,25H,1-2H3,(H,22,26)/t12-,18-/m1/s1. The van der Waals surface area contributed by atoms with Gasteiger partial charge < -0.3 is 10.4 Å². The molecule has 0 radical (unpaired) electrons. The number of hydrogen-bond donors (Lipinski definition) is 2. The number of nitrogens with zero attached hydrogens (tertiary/aromatic N) is 2. The number of rotatable bonds is 2. The van der Waals surface area contributed by atoms with Crippen LogP contribution in [0.2, 0.25) is 0 Å². The quantitative estimate of drug-likeness (QED) is 0.696. The van der Waals surface area contributed by atoms with E-state index in [1.54, 1.807) is 28.9 Å². The maximum absolute atomic E-state index is 13.3. The van der Waals surface area contributed by atoms with Crippen molar-refractivity contribution >= 4 is 23.5 Å². The first-order valence-corrected chi connectivity index (χ1v) is 9.49. The van der Waals surface area contributed by atoms with E-state index in [2.05, 4.69) is 10.4 Å². The fourth-order valence-corrected chi connectivity index (χ4v) is 4.51. The number of thioether (sulfide) groups is 1. The summed E-state index contributed by atoms with van der Waals surface area (Å²) < 4.78 is 15.0. The van der Waals surface area contributed by atoms with Crippen LogP contribution in [0.3, 0.4) is 0 Å². The molecule has 4 rings (SSSR count). The van der Waals surface area contributed by atoms with Crippen molar-refractivity contribution in [1.29, 1.82) is 0 Å². The van der Waals surface area contributed by atoms with Crippen molar-refractivity contribution < 1.29 is 14.3 Å². The maximum atomic E-state index is 13.3. The lowest BCUT2D eigenvalue weighted by Crippen LogP contribution is -2.22. The second-order valence-corrected chi connectivity index (χ2v) is 7.93. The van der Waals surface area contributed by atoms with E-state index in [4.69, 9.17) is 0 Å². The van der Waals surface area contributed by atoms with Gasteiger partial charge in [-0.3, -0.25) is 4.79 Å². The number of aryl methyl sites for hydroxylation is 1. The predicted octanol–water partition coefficient (Wildman–Crippen LogP) is 4.19. The molecule has 1 amide bonds. The Morgan fingerprint density at radius 3 is 2.48 bits per heavy atom. The minimum absolute atomic E-state index is 0.106. The van der Waals surface area contributed by atoms with Gasteiger partial charge in [0.15, 0.2) is 0 Å². The molecule has 3 aromatic rings. The molecule has 0 saturated heterocycles. The predicted molar refractivity (Wildman–Crippen MR) is 104 cm³/mol. The number of fused-ring (bicyclic) bond motifs is 1. The first-order valence-electron chi connectivity index (χ1n) is 8.55. The molecule has 0 bridgehead atoms. The van der Waals surface area contributed by atoms with Gasteiger partial charge in [0.1, 0.15) is 17.4 Å². The lowest BCUT2D eigenvalue weighted by atomic mass is 10.0. The molecule has 1 aromatic heterocycles. The Bertz CT molecular complexity index is 999. The molecular weight excluding hydrogens is 365 g/mol. The largest absolute Gasteiger partial charge is 0.508 e. The zero-order valence-electron chi connectivity index (χ0n) is 14.8. The molecule has 27 heavy (non-hydrogen) atoms. The zero-order chi connectivity index (χ0) is 19.1. The average Bonchev–Trinajstić information content (AvgIpc) is 2.89. The number of anilines is 1. The number of amides is 1. The van der Waals surface area contributed by atoms with E-state index in [9.17, 15) is 14.3 Å². The van der Waals surface area contributed by atoms with Crippen LogP contribution in [0, 0.1) is 12.7 Å². The first-order chi connectivity index (χ1) is 12.9. The van der Waals surface area contributed by atoms with Gasteiger partial charge in [-0.25, -0.2) is 9.07 Å². The summed E-state index contributed by atoms with van der Waals surface area (Å²) in [6.45, 7) is 3.76. The van der Waals surface area contributed by atoms with E-state index in [0.29, 0.717) is 11.5 Å². The highest BCUT2D eigenvalue weighted by Gasteiger charge is 2.34. The number of nitrogens with one attached hydrogen (secondary N) is 1. The molecule has 2 aromatic carbocycles. The Balaban J connectivity index is 1.89. The summed E-state index contributed by atoms with van der Waals surface area (Å²) in [5.74, 6) is 0.354. The van der Waals surface area contributed by atoms with Gasteiger partial charge in [0.05, 0.1) is 21.9 Å². The van der Waals surface area contributed by atoms with Crippen molar-refractivity contribution in [1.82, 2.24) is 9.78 Å². The number of aromatic nitrogens is 2. The molecule has 0 unspecified atom stereocenters. The van der Waals surface area contributed by atoms with Crippen molar-refractivity contribution in [3.05, 3.63) is 71.2 Å². The number of carbonyl (C=O) groups excluding carboxylic acids is 1. The summed E-state index contributed by atoms with van der Waals surface area (Å²) in [6.07, 6.45) is 0. The Hall–Kier alpha value is -2.80. The van der Waals surface area contributed by atoms with Crippen LogP contribution >= 0.6 is 11.8 Å². The summed E-state index contributed by atoms with van der Waals surface area (Å²) in [5.41, 5.74) is 3.34. The molecule has 2 heterocycles. The highest BCUT2D eigenvalue weighted by Crippen LogP contribution is 2.46. The molecule has 2 N–H and O–H groups in total. The molecule has 1 aliphatic heterocycles. The number of carbonyl (C=O) groups is 1. The number of halogens is 1. The maximum Gasteiger partial charge on any atom is 0.238 e. The van der Waals surface area contributed by atoms with Crippen molar-refractivity contribution in [3.63, 3.8) is 0 Å². The molecule has 5 nitrogen and oxygen atoms in total. The molecule has 7 heteroatoms. The SMILES string of the molecule is Cc1nn(-c2ccc(F)cc2)c2c1[C@@H](c1ccc(O)cc1)S[C@H](C)C(=O)N2. The number of hydrogen-bond acceptors (Lipinski definition) is 4. The smallest absolute Gasteiger partial charge is 0.238 e. The fourth-order valence-electron chi connectivity index (χ4n) is 3.19. The molecule has 138 valence electrons. The van der Waals surface area contributed by atoms with Crippen LogP contribution < -0.4 is 5.32 Å². The van der Waals surface area contributed by atoms with E-state index in [-0.39, 0.29) is 28.0 Å². The summed E-state index contributed by atoms with van der Waals surface area (Å²) in [5, 5.41) is 16.8. The lowest BCUT2D eigenvalue weighted by Gasteiger charge is -2.17. The van der Waals surface area contributed by atoms with Gasteiger partial charge >= 0.3 is 0 Å². The Kier molecular flexibility index (Phi) is 4.39. The summed E-state index contributed by atoms with van der Waals surface area (Å²) in [6, 6.07) is 13.0. The van der Waals surface area contributed by atoms with E-state index >= 15 is 0 Å². The Labute approximate surface area is 160 Å². The third-order valence-electron chi connectivity index (χ3n) is 4.59. The summed E-state index contributed by atoms with van der Waals surface area (Å²) >= 11 is 1.54. The molecule has 0 saturated carbocycles. The second kappa shape index (κ2) is 6.74. The van der Waals surface area contributed by atoms with E-state index in [1.807, 2.05) is 26.0 Å². The van der Waals surface area contributed by atoms with Crippen molar-refractivity contribution in [3.8, 4) is 11.4 Å². The van der Waals surface area contributed by atoms with Crippen molar-refractivity contribution in [2.24, 2.45) is 0 Å². The minimum Gasteiger partial charge on any atom is -0.508 e. The van der Waals surface area contributed by atoms with Crippen LogP contribution in [0.1, 0.15) is 29.0 Å². The van der Waals surface area contributed by atoms with E-state index in [0.717, 1.165) is 16.8 Å². The third-order valence-corrected chi connectivity index (χ3v) is 5.99. The van der Waals surface area contributed by atoms with Crippen LogP contribution in [-0.2, 0) is 4.79 Å². The van der Waals surface area contributed by atoms with Gasteiger partial charge in [-0.2, -0.15) is 5.10 Å². The number of benzene rings is 2. The monoisotopic (exact) mass is 383 g/mol. The van der Waals surface area contributed by atoms with Crippen molar-refractivity contribution in [2.75, 3.05) is 5.32 Å². The van der Waals surface area contributed by atoms with Crippen LogP contribution in [0.15, 0.2) is 48.5 Å². The average molecular weight is 383 g/mol. The topological polar surface area (TPSA) is 67.1 Å². The van der Waals surface area contributed by atoms with Crippen LogP contribution in [0.5, 0.6) is 5.75 Å². The number of aromatic hydroxyl groups is 1. The first kappa shape index (κ1) is 17.6. The number of phenols is 1. The van der Waals surface area contributed by atoms with Gasteiger partial charge in [0, 0.05) is 5.56 Å². The van der Waals surface area contributed by atoms with Gasteiger partial charge in [-0.1, -0.05) is 12.1 Å². The molecule has 0 fully saturated rings. The fraction of sp³-hybridized carbons (Fsp3) is 0.200. The molecule has 1 aliphatic rings. The van der Waals surface area contributed by atoms with Gasteiger partial charge in [0.2, 0.25) is 5.91 Å². The molecule has 0 spiro atoms. The lowest BCUT2D eigenvalue weighted by molar-refractivity contribution is -0.115. The Morgan fingerprint density at radius 2 is 1.81 bits per heavy atom. The van der Waals surface area contributed by atoms with Crippen molar-refractivity contribution in [2.45, 2.75) is 24.3 Å². The highest BCUT2D eigenvalue weighted by atomic mass is 32.2. The van der Waals surface area contributed by atoms with Crippen LogP contribution in [0.25, 0.3) is 5.69 Å². The summed E-state index contributed by atoms with van der Waals surface area (Å²) in [4.78, 5) is 12.6. The third kappa shape index (κ3) is 3.19. The molecule has 2 atom stereocenters. The highest BCUT2D eigenvalue weighted by molar-refractivity contribution is 8.01.